The number of amides is 1. The fourth-order valence-electron chi connectivity index (χ4n) is 1.72. The normalized spacial score (nSPS) is 10.7. The van der Waals surface area contributed by atoms with Gasteiger partial charge in [0.15, 0.2) is 0 Å². The van der Waals surface area contributed by atoms with Gasteiger partial charge in [0.2, 0.25) is 0 Å². The average Bonchev–Trinajstić information content (AvgIpc) is 2.40. The van der Waals surface area contributed by atoms with E-state index >= 15 is 0 Å². The second-order valence-corrected chi connectivity index (χ2v) is 4.40. The van der Waals surface area contributed by atoms with E-state index in [0.29, 0.717) is 11.4 Å². The molecule has 1 aromatic carbocycles. The summed E-state index contributed by atoms with van der Waals surface area (Å²) in [4.78, 5) is 15.4. The topological polar surface area (TPSA) is 68.0 Å². The molecule has 0 atom stereocenters. The van der Waals surface area contributed by atoms with Crippen LogP contribution in [0.25, 0.3) is 0 Å². The Labute approximate surface area is 131 Å². The van der Waals surface area contributed by atoms with Crippen molar-refractivity contribution in [2.45, 2.75) is 13.1 Å². The smallest absolute Gasteiger partial charge is 0.399 e. The molecule has 0 fully saturated rings. The van der Waals surface area contributed by atoms with Crippen LogP contribution in [-0.4, -0.2) is 10.9 Å². The van der Waals surface area contributed by atoms with Gasteiger partial charge in [0.05, 0.1) is 11.3 Å². The lowest BCUT2D eigenvalue weighted by molar-refractivity contribution is -0.141. The molecule has 118 valence electrons. The molecule has 0 radical (unpaired) electrons. The maximum Gasteiger partial charge on any atom is 0.433 e. The Balaban J connectivity index is 0.00000242. The van der Waals surface area contributed by atoms with Gasteiger partial charge >= 0.3 is 6.18 Å². The molecule has 0 bridgehead atoms. The lowest BCUT2D eigenvalue weighted by Gasteiger charge is -2.10. The van der Waals surface area contributed by atoms with Crippen molar-refractivity contribution in [1.82, 2.24) is 4.98 Å². The van der Waals surface area contributed by atoms with E-state index in [9.17, 15) is 18.0 Å². The van der Waals surface area contributed by atoms with Gasteiger partial charge in [-0.25, -0.2) is 4.98 Å². The number of hydrogen-bond donors (Lipinski definition) is 2. The quantitative estimate of drug-likeness (QED) is 0.825. The molecule has 0 saturated carbocycles. The number of alkyl halides is 3. The van der Waals surface area contributed by atoms with Crippen LogP contribution < -0.4 is 11.1 Å². The number of benzene rings is 1. The molecular formula is C14H13ClF3N3O. The van der Waals surface area contributed by atoms with Crippen LogP contribution >= 0.6 is 12.4 Å². The summed E-state index contributed by atoms with van der Waals surface area (Å²) >= 11 is 0. The van der Waals surface area contributed by atoms with Crippen LogP contribution in [0.3, 0.4) is 0 Å². The number of pyridine rings is 1. The van der Waals surface area contributed by atoms with Gasteiger partial charge < -0.3 is 11.1 Å². The molecule has 0 unspecified atom stereocenters. The molecular weight excluding hydrogens is 319 g/mol. The van der Waals surface area contributed by atoms with E-state index in [4.69, 9.17) is 5.73 Å². The van der Waals surface area contributed by atoms with Gasteiger partial charge in [-0.3, -0.25) is 4.79 Å². The molecule has 2 rings (SSSR count). The molecule has 22 heavy (non-hydrogen) atoms. The summed E-state index contributed by atoms with van der Waals surface area (Å²) in [6.07, 6.45) is -4.53. The number of nitrogens with one attached hydrogen (secondary N) is 1. The summed E-state index contributed by atoms with van der Waals surface area (Å²) in [5, 5.41) is 2.57. The Morgan fingerprint density at radius 1 is 1.14 bits per heavy atom. The molecule has 2 aromatic rings. The predicted molar refractivity (Wildman–Crippen MR) is 80.0 cm³/mol. The number of carbonyl (C=O) groups is 1. The molecule has 1 heterocycles. The number of rotatable bonds is 2. The number of anilines is 2. The van der Waals surface area contributed by atoms with Gasteiger partial charge in [-0.05, 0) is 43.3 Å². The number of aryl methyl sites for hydroxylation is 1. The predicted octanol–water partition coefficient (Wildman–Crippen LogP) is 3.67. The van der Waals surface area contributed by atoms with E-state index in [-0.39, 0.29) is 23.7 Å². The van der Waals surface area contributed by atoms with E-state index in [0.717, 1.165) is 12.1 Å². The first-order chi connectivity index (χ1) is 9.77. The van der Waals surface area contributed by atoms with Gasteiger partial charge in [0, 0.05) is 11.4 Å². The van der Waals surface area contributed by atoms with Crippen LogP contribution in [0.1, 0.15) is 21.7 Å². The summed E-state index contributed by atoms with van der Waals surface area (Å²) in [6.45, 7) is 1.35. The zero-order chi connectivity index (χ0) is 15.6. The van der Waals surface area contributed by atoms with Crippen molar-refractivity contribution in [2.24, 2.45) is 0 Å². The molecule has 0 aliphatic heterocycles. The van der Waals surface area contributed by atoms with E-state index in [2.05, 4.69) is 10.3 Å². The van der Waals surface area contributed by atoms with Crippen molar-refractivity contribution < 1.29 is 18.0 Å². The van der Waals surface area contributed by atoms with E-state index in [1.165, 1.54) is 6.92 Å². The Kier molecular flexibility index (Phi) is 5.38. The Hall–Kier alpha value is -2.28. The fraction of sp³-hybridized carbons (Fsp3) is 0.143. The minimum Gasteiger partial charge on any atom is -0.399 e. The maximum atomic E-state index is 12.5. The number of nitrogens with two attached hydrogens (primary N) is 1. The number of nitrogen functional groups attached to an aromatic ring is 1. The highest BCUT2D eigenvalue weighted by Gasteiger charge is 2.33. The molecule has 4 nitrogen and oxygen atoms in total. The highest BCUT2D eigenvalue weighted by Crippen LogP contribution is 2.28. The van der Waals surface area contributed by atoms with Gasteiger partial charge in [0.1, 0.15) is 5.69 Å². The molecule has 0 aliphatic rings. The summed E-state index contributed by atoms with van der Waals surface area (Å²) in [7, 11) is 0. The van der Waals surface area contributed by atoms with Crippen molar-refractivity contribution in [3.8, 4) is 0 Å². The van der Waals surface area contributed by atoms with E-state index < -0.39 is 17.8 Å². The Bertz CT molecular complexity index is 672. The zero-order valence-corrected chi connectivity index (χ0v) is 12.3. The minimum atomic E-state index is -4.53. The number of carbonyl (C=O) groups excluding carboxylic acids is 1. The molecule has 3 N–H and O–H groups in total. The first kappa shape index (κ1) is 17.8. The van der Waals surface area contributed by atoms with Crippen LogP contribution in [0.15, 0.2) is 36.4 Å². The largest absolute Gasteiger partial charge is 0.433 e. The summed E-state index contributed by atoms with van der Waals surface area (Å²) in [5.41, 5.74) is 5.63. The molecule has 0 spiro atoms. The molecule has 1 aromatic heterocycles. The zero-order valence-electron chi connectivity index (χ0n) is 11.4. The second kappa shape index (κ2) is 6.65. The lowest BCUT2D eigenvalue weighted by atomic mass is 10.1. The monoisotopic (exact) mass is 331 g/mol. The summed E-state index contributed by atoms with van der Waals surface area (Å²) in [6, 6.07) is 8.30. The number of nitrogens with zero attached hydrogens (tertiary/aromatic N) is 1. The van der Waals surface area contributed by atoms with Gasteiger partial charge in [-0.15, -0.1) is 12.4 Å². The average molecular weight is 332 g/mol. The van der Waals surface area contributed by atoms with Gasteiger partial charge in [-0.2, -0.15) is 13.2 Å². The molecule has 1 amide bonds. The van der Waals surface area contributed by atoms with E-state index in [1.54, 1.807) is 24.3 Å². The van der Waals surface area contributed by atoms with Crippen molar-refractivity contribution >= 4 is 29.7 Å². The first-order valence-corrected chi connectivity index (χ1v) is 5.99. The van der Waals surface area contributed by atoms with Crippen LogP contribution in [0, 0.1) is 6.92 Å². The molecule has 0 aliphatic carbocycles. The minimum absolute atomic E-state index is 0. The van der Waals surface area contributed by atoms with Crippen LogP contribution in [0.2, 0.25) is 0 Å². The first-order valence-electron chi connectivity index (χ1n) is 5.99. The number of hydrogen-bond acceptors (Lipinski definition) is 3. The number of halogens is 4. The highest BCUT2D eigenvalue weighted by molar-refractivity contribution is 6.05. The van der Waals surface area contributed by atoms with Crippen LogP contribution in [-0.2, 0) is 6.18 Å². The van der Waals surface area contributed by atoms with Gasteiger partial charge in [-0.1, -0.05) is 0 Å². The van der Waals surface area contributed by atoms with E-state index in [1.807, 2.05) is 0 Å². The SMILES string of the molecule is Cc1nc(C(F)(F)F)ccc1C(=O)Nc1ccc(N)cc1.Cl. The third-order valence-electron chi connectivity index (χ3n) is 2.79. The van der Waals surface area contributed by atoms with Crippen molar-refractivity contribution in [3.63, 3.8) is 0 Å². The van der Waals surface area contributed by atoms with Gasteiger partial charge in [0.25, 0.3) is 5.91 Å². The molecule has 8 heteroatoms. The third kappa shape index (κ3) is 4.11. The molecule has 0 saturated heterocycles. The maximum absolute atomic E-state index is 12.5. The lowest BCUT2D eigenvalue weighted by Crippen LogP contribution is -2.16. The summed E-state index contributed by atoms with van der Waals surface area (Å²) in [5.74, 6) is -0.529. The summed E-state index contributed by atoms with van der Waals surface area (Å²) < 4.78 is 37.5. The standard InChI is InChI=1S/C14H12F3N3O.ClH/c1-8-11(6-7-12(19-8)14(15,16)17)13(21)20-10-4-2-9(18)3-5-10;/h2-7H,18H2,1H3,(H,20,21);1H. The second-order valence-electron chi connectivity index (χ2n) is 4.40. The van der Waals surface area contributed by atoms with Crippen LogP contribution in [0.5, 0.6) is 0 Å². The Morgan fingerprint density at radius 2 is 1.73 bits per heavy atom. The Morgan fingerprint density at radius 3 is 2.23 bits per heavy atom. The third-order valence-corrected chi connectivity index (χ3v) is 2.79. The van der Waals surface area contributed by atoms with Crippen LogP contribution in [0.4, 0.5) is 24.5 Å². The van der Waals surface area contributed by atoms with Crippen molar-refractivity contribution in [1.29, 1.82) is 0 Å². The highest BCUT2D eigenvalue weighted by atomic mass is 35.5. The van der Waals surface area contributed by atoms with Crippen molar-refractivity contribution in [3.05, 3.63) is 53.3 Å². The number of aromatic nitrogens is 1. The van der Waals surface area contributed by atoms with Crippen molar-refractivity contribution in [2.75, 3.05) is 11.1 Å². The fourth-order valence-corrected chi connectivity index (χ4v) is 1.72.